The predicted molar refractivity (Wildman–Crippen MR) is 130 cm³/mol. The van der Waals surface area contributed by atoms with Gasteiger partial charge < -0.3 is 19.7 Å². The maximum absolute atomic E-state index is 12.0. The molecule has 0 aromatic carbocycles. The van der Waals surface area contributed by atoms with Gasteiger partial charge in [-0.3, -0.25) is 4.79 Å². The number of allylic oxidation sites excluding steroid dienone is 5. The normalized spacial score (nSPS) is 35.0. The van der Waals surface area contributed by atoms with Crippen LogP contribution in [0.15, 0.2) is 47.1 Å². The largest absolute Gasteiger partial charge is 0.460 e. The molecule has 3 aliphatic rings. The Morgan fingerprint density at radius 1 is 1.33 bits per heavy atom. The van der Waals surface area contributed by atoms with E-state index in [1.165, 1.54) is 18.4 Å². The first kappa shape index (κ1) is 25.9. The summed E-state index contributed by atoms with van der Waals surface area (Å²) >= 11 is 0. The molecule has 0 heterocycles. The van der Waals surface area contributed by atoms with Gasteiger partial charge in [-0.2, -0.15) is 0 Å². The third-order valence-corrected chi connectivity index (χ3v) is 7.48. The van der Waals surface area contributed by atoms with Crippen molar-refractivity contribution in [2.75, 3.05) is 6.61 Å². The Bertz CT molecular complexity index is 858. The highest BCUT2D eigenvalue weighted by Gasteiger charge is 2.44. The van der Waals surface area contributed by atoms with Crippen molar-refractivity contribution in [2.45, 2.75) is 103 Å². The minimum absolute atomic E-state index is 0.0326. The fourth-order valence-electron chi connectivity index (χ4n) is 5.78. The lowest BCUT2D eigenvalue weighted by Crippen LogP contribution is -2.42. The molecule has 184 valence electrons. The molecule has 2 N–H and O–H groups in total. The van der Waals surface area contributed by atoms with Crippen molar-refractivity contribution in [3.63, 3.8) is 0 Å². The van der Waals surface area contributed by atoms with E-state index in [-0.39, 0.29) is 37.3 Å². The van der Waals surface area contributed by atoms with Gasteiger partial charge in [0.15, 0.2) is 5.79 Å². The number of aliphatic hydroxyl groups excluding tert-OH is 1. The van der Waals surface area contributed by atoms with Crippen LogP contribution in [0.25, 0.3) is 0 Å². The molecule has 3 rings (SSSR count). The molecule has 2 fully saturated rings. The van der Waals surface area contributed by atoms with Crippen molar-refractivity contribution in [1.29, 1.82) is 0 Å². The standard InChI is InChI=1S/C28H42O5/c1-7-22-12-13-23-20(9-8-15-27(22,23)6)10-11-21-17-28(31,18-24(29)19(21)2)32-16-14-25(30)33-26(3,4)5/h10-12,23-24,29,31H,2,7-9,13-18H2,1,3-6H3/t23-,24?,27+,28-/m0/s1. The van der Waals surface area contributed by atoms with Gasteiger partial charge in [-0.1, -0.05) is 49.8 Å². The van der Waals surface area contributed by atoms with Crippen molar-refractivity contribution in [2.24, 2.45) is 11.3 Å². The Balaban J connectivity index is 1.68. The molecule has 5 heteroatoms. The van der Waals surface area contributed by atoms with Gasteiger partial charge in [0.1, 0.15) is 5.60 Å². The van der Waals surface area contributed by atoms with Crippen LogP contribution in [0.2, 0.25) is 0 Å². The average molecular weight is 459 g/mol. The number of esters is 1. The third kappa shape index (κ3) is 6.06. The summed E-state index contributed by atoms with van der Waals surface area (Å²) in [7, 11) is 0. The zero-order chi connectivity index (χ0) is 24.4. The van der Waals surface area contributed by atoms with Crippen LogP contribution in [0.5, 0.6) is 0 Å². The number of hydrogen-bond donors (Lipinski definition) is 2. The molecule has 33 heavy (non-hydrogen) atoms. The lowest BCUT2D eigenvalue weighted by Gasteiger charge is -2.41. The van der Waals surface area contributed by atoms with E-state index in [0.29, 0.717) is 11.5 Å². The summed E-state index contributed by atoms with van der Waals surface area (Å²) in [5, 5.41) is 21.6. The highest BCUT2D eigenvalue weighted by Crippen LogP contribution is 2.55. The van der Waals surface area contributed by atoms with Gasteiger partial charge in [-0.05, 0) is 75.4 Å². The van der Waals surface area contributed by atoms with Crippen molar-refractivity contribution >= 4 is 5.97 Å². The number of fused-ring (bicyclic) bond motifs is 1. The Hall–Kier alpha value is -1.69. The molecular weight excluding hydrogens is 416 g/mol. The molecule has 0 aromatic heterocycles. The highest BCUT2D eigenvalue weighted by molar-refractivity contribution is 5.69. The Labute approximate surface area is 199 Å². The molecule has 3 aliphatic carbocycles. The molecule has 0 radical (unpaired) electrons. The van der Waals surface area contributed by atoms with Crippen molar-refractivity contribution < 1.29 is 24.5 Å². The van der Waals surface area contributed by atoms with E-state index in [1.54, 1.807) is 5.57 Å². The minimum atomic E-state index is -1.53. The Morgan fingerprint density at radius 2 is 2.06 bits per heavy atom. The van der Waals surface area contributed by atoms with Crippen LogP contribution >= 0.6 is 0 Å². The van der Waals surface area contributed by atoms with Gasteiger partial charge in [-0.25, -0.2) is 0 Å². The second kappa shape index (κ2) is 9.89. The fourth-order valence-corrected chi connectivity index (χ4v) is 5.78. The first-order chi connectivity index (χ1) is 15.4. The molecule has 0 aliphatic heterocycles. The van der Waals surface area contributed by atoms with E-state index >= 15 is 0 Å². The SMILES string of the molecule is C=C1C(=CC=C2CCC[C@]3(C)C(CC)=CC[C@@H]23)C[C@](O)(OCCC(=O)OC(C)(C)C)CC1O. The topological polar surface area (TPSA) is 76.0 Å². The smallest absolute Gasteiger partial charge is 0.308 e. The van der Waals surface area contributed by atoms with Crippen molar-refractivity contribution in [3.8, 4) is 0 Å². The molecule has 0 spiro atoms. The highest BCUT2D eigenvalue weighted by atomic mass is 16.6. The van der Waals surface area contributed by atoms with E-state index in [0.717, 1.165) is 24.8 Å². The van der Waals surface area contributed by atoms with Crippen LogP contribution < -0.4 is 0 Å². The van der Waals surface area contributed by atoms with E-state index < -0.39 is 17.5 Å². The van der Waals surface area contributed by atoms with E-state index in [2.05, 4.69) is 32.6 Å². The second-order valence-corrected chi connectivity index (χ2v) is 11.1. The molecule has 2 saturated carbocycles. The third-order valence-electron chi connectivity index (χ3n) is 7.48. The van der Waals surface area contributed by atoms with Gasteiger partial charge in [0.2, 0.25) is 0 Å². The summed E-state index contributed by atoms with van der Waals surface area (Å²) in [6, 6.07) is 0. The molecule has 1 unspecified atom stereocenters. The van der Waals surface area contributed by atoms with Crippen LogP contribution in [-0.2, 0) is 14.3 Å². The predicted octanol–water partition coefficient (Wildman–Crippen LogP) is 5.53. The van der Waals surface area contributed by atoms with Gasteiger partial charge >= 0.3 is 5.97 Å². The summed E-state index contributed by atoms with van der Waals surface area (Å²) in [5.41, 5.74) is 4.15. The number of hydrogen-bond acceptors (Lipinski definition) is 5. The Morgan fingerprint density at radius 3 is 2.73 bits per heavy atom. The van der Waals surface area contributed by atoms with Crippen LogP contribution in [-0.4, -0.2) is 40.3 Å². The second-order valence-electron chi connectivity index (χ2n) is 11.1. The number of rotatable bonds is 6. The zero-order valence-electron chi connectivity index (χ0n) is 21.1. The average Bonchev–Trinajstić information content (AvgIpc) is 3.05. The number of carbonyl (C=O) groups is 1. The van der Waals surface area contributed by atoms with Crippen LogP contribution in [0, 0.1) is 11.3 Å². The molecule has 0 amide bonds. The van der Waals surface area contributed by atoms with Gasteiger partial charge in [0.25, 0.3) is 0 Å². The monoisotopic (exact) mass is 458 g/mol. The number of ether oxygens (including phenoxy) is 2. The molecule has 0 aromatic rings. The van der Waals surface area contributed by atoms with Crippen molar-refractivity contribution in [3.05, 3.63) is 47.1 Å². The van der Waals surface area contributed by atoms with Gasteiger partial charge in [0.05, 0.1) is 19.1 Å². The molecule has 4 atom stereocenters. The minimum Gasteiger partial charge on any atom is -0.460 e. The van der Waals surface area contributed by atoms with E-state index in [9.17, 15) is 15.0 Å². The summed E-state index contributed by atoms with van der Waals surface area (Å²) < 4.78 is 11.0. The zero-order valence-corrected chi connectivity index (χ0v) is 21.1. The molecular formula is C28H42O5. The molecule has 0 saturated heterocycles. The van der Waals surface area contributed by atoms with Crippen LogP contribution in [0.4, 0.5) is 0 Å². The quantitative estimate of drug-likeness (QED) is 0.311. The first-order valence-electron chi connectivity index (χ1n) is 12.4. The van der Waals surface area contributed by atoms with Crippen LogP contribution in [0.3, 0.4) is 0 Å². The van der Waals surface area contributed by atoms with Gasteiger partial charge in [0, 0.05) is 12.8 Å². The summed E-state index contributed by atoms with van der Waals surface area (Å²) in [4.78, 5) is 12.0. The maximum atomic E-state index is 12.0. The maximum Gasteiger partial charge on any atom is 0.308 e. The van der Waals surface area contributed by atoms with E-state index in [1.807, 2.05) is 26.8 Å². The summed E-state index contributed by atoms with van der Waals surface area (Å²) in [6.45, 7) is 14.2. The number of carbonyl (C=O) groups excluding carboxylic acids is 1. The lowest BCUT2D eigenvalue weighted by molar-refractivity contribution is -0.221. The molecule has 0 bridgehead atoms. The van der Waals surface area contributed by atoms with E-state index in [4.69, 9.17) is 9.47 Å². The summed E-state index contributed by atoms with van der Waals surface area (Å²) in [5.74, 6) is -1.37. The molecule has 5 nitrogen and oxygen atoms in total. The van der Waals surface area contributed by atoms with Crippen LogP contribution in [0.1, 0.15) is 86.0 Å². The lowest BCUT2D eigenvalue weighted by atomic mass is 9.64. The van der Waals surface area contributed by atoms with Gasteiger partial charge in [-0.15, -0.1) is 0 Å². The van der Waals surface area contributed by atoms with Crippen molar-refractivity contribution in [1.82, 2.24) is 0 Å². The summed E-state index contributed by atoms with van der Waals surface area (Å²) in [6.07, 6.45) is 11.8. The fraction of sp³-hybridized carbons (Fsp3) is 0.679. The Kier molecular flexibility index (Phi) is 7.77. The first-order valence-corrected chi connectivity index (χ1v) is 12.4. The number of aliphatic hydroxyl groups is 2.